The Labute approximate surface area is 120 Å². The summed E-state index contributed by atoms with van der Waals surface area (Å²) in [5.41, 5.74) is 0.191. The van der Waals surface area contributed by atoms with E-state index in [-0.39, 0.29) is 10.5 Å². The molecule has 5 heteroatoms. The Morgan fingerprint density at radius 1 is 1.30 bits per heavy atom. The Balaban J connectivity index is 2.10. The zero-order valence-corrected chi connectivity index (χ0v) is 12.5. The summed E-state index contributed by atoms with van der Waals surface area (Å²) >= 11 is 0. The van der Waals surface area contributed by atoms with Gasteiger partial charge < -0.3 is 0 Å². The van der Waals surface area contributed by atoms with Crippen LogP contribution in [-0.4, -0.2) is 15.0 Å². The highest BCUT2D eigenvalue weighted by Gasteiger charge is 2.24. The SMILES string of the molecule is CC1CCCCC1CNS(=O)(=O)c1ccccc1C#N. The molecule has 1 saturated carbocycles. The molecule has 1 N–H and O–H groups in total. The van der Waals surface area contributed by atoms with Crippen LogP contribution in [0.4, 0.5) is 0 Å². The van der Waals surface area contributed by atoms with Crippen molar-refractivity contribution in [2.45, 2.75) is 37.5 Å². The van der Waals surface area contributed by atoms with E-state index in [0.29, 0.717) is 18.4 Å². The molecule has 0 spiro atoms. The van der Waals surface area contributed by atoms with Crippen LogP contribution in [0, 0.1) is 23.2 Å². The van der Waals surface area contributed by atoms with E-state index in [9.17, 15) is 8.42 Å². The second kappa shape index (κ2) is 6.38. The van der Waals surface area contributed by atoms with Crippen molar-refractivity contribution in [2.75, 3.05) is 6.54 Å². The molecule has 2 atom stereocenters. The molecule has 0 bridgehead atoms. The molecular weight excluding hydrogens is 272 g/mol. The van der Waals surface area contributed by atoms with Gasteiger partial charge in [-0.1, -0.05) is 38.3 Å². The molecule has 4 nitrogen and oxygen atoms in total. The van der Waals surface area contributed by atoms with Gasteiger partial charge in [0.05, 0.1) is 10.5 Å². The maximum atomic E-state index is 12.3. The van der Waals surface area contributed by atoms with Gasteiger partial charge in [0, 0.05) is 6.54 Å². The van der Waals surface area contributed by atoms with Gasteiger partial charge in [0.2, 0.25) is 10.0 Å². The molecule has 108 valence electrons. The Kier molecular flexibility index (Phi) is 4.79. The van der Waals surface area contributed by atoms with Crippen molar-refractivity contribution in [1.29, 1.82) is 5.26 Å². The van der Waals surface area contributed by atoms with E-state index < -0.39 is 10.0 Å². The first-order valence-corrected chi connectivity index (χ1v) is 8.51. The Morgan fingerprint density at radius 3 is 2.70 bits per heavy atom. The zero-order chi connectivity index (χ0) is 14.6. The lowest BCUT2D eigenvalue weighted by molar-refractivity contribution is 0.257. The van der Waals surface area contributed by atoms with Gasteiger partial charge in [-0.15, -0.1) is 0 Å². The lowest BCUT2D eigenvalue weighted by Crippen LogP contribution is -2.33. The monoisotopic (exact) mass is 292 g/mol. The molecule has 0 aliphatic heterocycles. The number of rotatable bonds is 4. The summed E-state index contributed by atoms with van der Waals surface area (Å²) in [5.74, 6) is 0.949. The standard InChI is InChI=1S/C15H20N2O2S/c1-12-6-2-3-8-14(12)11-17-20(18,19)15-9-5-4-7-13(15)10-16/h4-5,7,9,12,14,17H,2-3,6,8,11H2,1H3. The van der Waals surface area contributed by atoms with Gasteiger partial charge in [-0.2, -0.15) is 5.26 Å². The quantitative estimate of drug-likeness (QED) is 0.927. The highest BCUT2D eigenvalue weighted by molar-refractivity contribution is 7.89. The van der Waals surface area contributed by atoms with Crippen LogP contribution in [0.1, 0.15) is 38.2 Å². The van der Waals surface area contributed by atoms with E-state index in [1.54, 1.807) is 12.1 Å². The second-order valence-corrected chi connectivity index (χ2v) is 7.22. The van der Waals surface area contributed by atoms with E-state index in [4.69, 9.17) is 5.26 Å². The molecule has 2 rings (SSSR count). The average Bonchev–Trinajstić information content (AvgIpc) is 2.46. The number of sulfonamides is 1. The van der Waals surface area contributed by atoms with Crippen molar-refractivity contribution in [1.82, 2.24) is 4.72 Å². The van der Waals surface area contributed by atoms with Crippen LogP contribution in [-0.2, 0) is 10.0 Å². The van der Waals surface area contributed by atoms with Crippen LogP contribution in [0.5, 0.6) is 0 Å². The summed E-state index contributed by atoms with van der Waals surface area (Å²) in [7, 11) is -3.60. The first-order chi connectivity index (χ1) is 9.54. The minimum absolute atomic E-state index is 0.0750. The van der Waals surface area contributed by atoms with Crippen molar-refractivity contribution < 1.29 is 8.42 Å². The molecule has 0 aromatic heterocycles. The number of nitrogens with zero attached hydrogens (tertiary/aromatic N) is 1. The fourth-order valence-corrected chi connectivity index (χ4v) is 4.03. The molecule has 1 fully saturated rings. The Hall–Kier alpha value is -1.38. The molecule has 1 aliphatic rings. The number of hydrogen-bond acceptors (Lipinski definition) is 3. The maximum absolute atomic E-state index is 12.3. The number of hydrogen-bond donors (Lipinski definition) is 1. The first kappa shape index (κ1) is 15.0. The van der Waals surface area contributed by atoms with Crippen molar-refractivity contribution in [2.24, 2.45) is 11.8 Å². The predicted molar refractivity (Wildman–Crippen MR) is 77.5 cm³/mol. The van der Waals surface area contributed by atoms with Crippen LogP contribution in [0.3, 0.4) is 0 Å². The van der Waals surface area contributed by atoms with Gasteiger partial charge in [-0.05, 0) is 30.4 Å². The van der Waals surface area contributed by atoms with Crippen LogP contribution in [0.15, 0.2) is 29.2 Å². The fraction of sp³-hybridized carbons (Fsp3) is 0.533. The number of nitriles is 1. The third kappa shape index (κ3) is 3.38. The summed E-state index contributed by atoms with van der Waals surface area (Å²) in [5, 5.41) is 9.00. The van der Waals surface area contributed by atoms with Gasteiger partial charge in [0.25, 0.3) is 0 Å². The van der Waals surface area contributed by atoms with Gasteiger partial charge >= 0.3 is 0 Å². The molecular formula is C15H20N2O2S. The number of benzene rings is 1. The third-order valence-electron chi connectivity index (χ3n) is 4.12. The maximum Gasteiger partial charge on any atom is 0.241 e. The highest BCUT2D eigenvalue weighted by Crippen LogP contribution is 2.29. The smallest absolute Gasteiger partial charge is 0.211 e. The normalized spacial score (nSPS) is 23.2. The Bertz CT molecular complexity index is 605. The van der Waals surface area contributed by atoms with Crippen molar-refractivity contribution in [3.05, 3.63) is 29.8 Å². The molecule has 0 heterocycles. The lowest BCUT2D eigenvalue weighted by Gasteiger charge is -2.28. The summed E-state index contributed by atoms with van der Waals surface area (Å²) < 4.78 is 27.3. The van der Waals surface area contributed by atoms with Crippen LogP contribution in [0.25, 0.3) is 0 Å². The van der Waals surface area contributed by atoms with Crippen molar-refractivity contribution in [3.63, 3.8) is 0 Å². The van der Waals surface area contributed by atoms with Gasteiger partial charge in [-0.3, -0.25) is 0 Å². The zero-order valence-electron chi connectivity index (χ0n) is 11.7. The predicted octanol–water partition coefficient (Wildman–Crippen LogP) is 2.66. The fourth-order valence-electron chi connectivity index (χ4n) is 2.78. The summed E-state index contributed by atoms with van der Waals surface area (Å²) in [6, 6.07) is 8.24. The van der Waals surface area contributed by atoms with Gasteiger partial charge in [-0.25, -0.2) is 13.1 Å². The van der Waals surface area contributed by atoms with Crippen LogP contribution in [0.2, 0.25) is 0 Å². The van der Waals surface area contributed by atoms with Crippen LogP contribution >= 0.6 is 0 Å². The first-order valence-electron chi connectivity index (χ1n) is 7.03. The molecule has 0 amide bonds. The highest BCUT2D eigenvalue weighted by atomic mass is 32.2. The van der Waals surface area contributed by atoms with Crippen molar-refractivity contribution >= 4 is 10.0 Å². The van der Waals surface area contributed by atoms with Gasteiger partial charge in [0.1, 0.15) is 6.07 Å². The molecule has 1 aromatic rings. The molecule has 1 aliphatic carbocycles. The molecule has 0 saturated heterocycles. The van der Waals surface area contributed by atoms with Crippen molar-refractivity contribution in [3.8, 4) is 6.07 Å². The van der Waals surface area contributed by atoms with E-state index in [2.05, 4.69) is 11.6 Å². The summed E-state index contributed by atoms with van der Waals surface area (Å²) in [6.45, 7) is 2.64. The summed E-state index contributed by atoms with van der Waals surface area (Å²) in [6.07, 6.45) is 4.65. The van der Waals surface area contributed by atoms with E-state index in [1.165, 1.54) is 31.4 Å². The Morgan fingerprint density at radius 2 is 2.00 bits per heavy atom. The van der Waals surface area contributed by atoms with E-state index in [0.717, 1.165) is 6.42 Å². The second-order valence-electron chi connectivity index (χ2n) is 5.48. The molecule has 0 radical (unpaired) electrons. The van der Waals surface area contributed by atoms with Gasteiger partial charge in [0.15, 0.2) is 0 Å². The minimum Gasteiger partial charge on any atom is -0.211 e. The average molecular weight is 292 g/mol. The minimum atomic E-state index is -3.60. The lowest BCUT2D eigenvalue weighted by atomic mass is 9.81. The number of nitrogens with one attached hydrogen (secondary N) is 1. The molecule has 2 unspecified atom stereocenters. The van der Waals surface area contributed by atoms with Crippen LogP contribution < -0.4 is 4.72 Å². The largest absolute Gasteiger partial charge is 0.241 e. The molecule has 20 heavy (non-hydrogen) atoms. The topological polar surface area (TPSA) is 70.0 Å². The third-order valence-corrected chi connectivity index (χ3v) is 5.60. The molecule has 1 aromatic carbocycles. The van der Waals surface area contributed by atoms with E-state index in [1.807, 2.05) is 6.07 Å². The van der Waals surface area contributed by atoms with E-state index >= 15 is 0 Å². The summed E-state index contributed by atoms with van der Waals surface area (Å²) in [4.78, 5) is 0.0750.